The van der Waals surface area contributed by atoms with Gasteiger partial charge >= 0.3 is 11.8 Å². The van der Waals surface area contributed by atoms with Gasteiger partial charge in [0, 0.05) is 11.6 Å². The summed E-state index contributed by atoms with van der Waals surface area (Å²) in [6.45, 7) is 11.6. The van der Waals surface area contributed by atoms with Gasteiger partial charge in [-0.1, -0.05) is 40.5 Å². The first-order chi connectivity index (χ1) is 11.4. The largest absolute Gasteiger partial charge is 0.539 e. The average molecular weight is 369 g/mol. The van der Waals surface area contributed by atoms with Crippen LogP contribution in [0.3, 0.4) is 0 Å². The molecule has 0 spiro atoms. The van der Waals surface area contributed by atoms with E-state index in [4.69, 9.17) is 14.3 Å². The smallest absolute Gasteiger partial charge is 0.511 e. The Hall–Kier alpha value is -2.09. The van der Waals surface area contributed by atoms with E-state index in [9.17, 15) is 14.9 Å². The minimum atomic E-state index is -2.22. The number of benzene rings is 1. The molecule has 0 saturated heterocycles. The second kappa shape index (κ2) is 7.86. The van der Waals surface area contributed by atoms with Crippen molar-refractivity contribution in [2.45, 2.75) is 65.1 Å². The fraction of sp³-hybridized carbons (Fsp3) is 0.588. The lowest BCUT2D eigenvalue weighted by molar-refractivity contribution is -0.385. The van der Waals surface area contributed by atoms with Gasteiger partial charge in [-0.25, -0.2) is 4.79 Å². The Balaban J connectivity index is 3.58. The van der Waals surface area contributed by atoms with Crippen molar-refractivity contribution in [3.8, 4) is 11.5 Å². The SMILES string of the molecule is CCCC[Si](C)(C)Oc1c([N+](=O)[O-])ccc(OC(=O)O)c1C(C)(C)C. The van der Waals surface area contributed by atoms with Crippen LogP contribution in [0.25, 0.3) is 0 Å². The molecule has 25 heavy (non-hydrogen) atoms. The summed E-state index contributed by atoms with van der Waals surface area (Å²) in [6.07, 6.45) is 0.520. The van der Waals surface area contributed by atoms with Crippen LogP contribution in [0.5, 0.6) is 11.5 Å². The van der Waals surface area contributed by atoms with Gasteiger partial charge in [-0.15, -0.1) is 0 Å². The van der Waals surface area contributed by atoms with E-state index in [0.717, 1.165) is 18.9 Å². The van der Waals surface area contributed by atoms with E-state index in [-0.39, 0.29) is 17.2 Å². The fourth-order valence-electron chi connectivity index (χ4n) is 2.62. The van der Waals surface area contributed by atoms with Crippen molar-refractivity contribution in [3.05, 3.63) is 27.8 Å². The number of carbonyl (C=O) groups is 1. The molecule has 0 radical (unpaired) electrons. The van der Waals surface area contributed by atoms with Gasteiger partial charge in [-0.3, -0.25) is 10.1 Å². The quantitative estimate of drug-likeness (QED) is 0.229. The highest BCUT2D eigenvalue weighted by Crippen LogP contribution is 2.45. The predicted octanol–water partition coefficient (Wildman–Crippen LogP) is 5.33. The van der Waals surface area contributed by atoms with Crippen molar-refractivity contribution in [3.63, 3.8) is 0 Å². The number of hydrogen-bond donors (Lipinski definition) is 1. The van der Waals surface area contributed by atoms with Crippen LogP contribution in [0.1, 0.15) is 46.1 Å². The third kappa shape index (κ3) is 5.74. The first-order valence-electron chi connectivity index (χ1n) is 8.30. The van der Waals surface area contributed by atoms with Gasteiger partial charge in [0.25, 0.3) is 0 Å². The zero-order valence-electron chi connectivity index (χ0n) is 15.7. The lowest BCUT2D eigenvalue weighted by Crippen LogP contribution is -2.35. The third-order valence-corrected chi connectivity index (χ3v) is 6.07. The van der Waals surface area contributed by atoms with Crippen LogP contribution in [-0.4, -0.2) is 24.5 Å². The highest BCUT2D eigenvalue weighted by molar-refractivity contribution is 6.71. The van der Waals surface area contributed by atoms with Crippen LogP contribution >= 0.6 is 0 Å². The van der Waals surface area contributed by atoms with E-state index in [1.807, 2.05) is 33.9 Å². The van der Waals surface area contributed by atoms with Crippen molar-refractivity contribution in [2.24, 2.45) is 0 Å². The minimum Gasteiger partial charge on any atom is -0.539 e. The summed E-state index contributed by atoms with van der Waals surface area (Å²) in [6, 6.07) is 3.42. The average Bonchev–Trinajstić information content (AvgIpc) is 2.42. The molecule has 1 N–H and O–H groups in total. The maximum absolute atomic E-state index is 11.5. The Morgan fingerprint density at radius 1 is 1.32 bits per heavy atom. The molecule has 0 aliphatic rings. The number of ether oxygens (including phenoxy) is 1. The molecule has 0 fully saturated rings. The van der Waals surface area contributed by atoms with Crippen molar-refractivity contribution >= 4 is 20.2 Å². The molecule has 0 aromatic heterocycles. The van der Waals surface area contributed by atoms with Crippen molar-refractivity contribution in [2.75, 3.05) is 0 Å². The molecule has 1 aromatic rings. The van der Waals surface area contributed by atoms with E-state index >= 15 is 0 Å². The molecular weight excluding hydrogens is 342 g/mol. The molecule has 0 unspecified atom stereocenters. The van der Waals surface area contributed by atoms with E-state index < -0.39 is 24.8 Å². The van der Waals surface area contributed by atoms with E-state index in [2.05, 4.69) is 6.92 Å². The van der Waals surface area contributed by atoms with Crippen LogP contribution in [0.15, 0.2) is 12.1 Å². The fourth-order valence-corrected chi connectivity index (χ4v) is 4.69. The number of unbranched alkanes of at least 4 members (excludes halogenated alkanes) is 1. The number of rotatable bonds is 7. The van der Waals surface area contributed by atoms with Gasteiger partial charge in [0.2, 0.25) is 8.32 Å². The molecule has 0 saturated carbocycles. The topological polar surface area (TPSA) is 98.9 Å². The Kier molecular flexibility index (Phi) is 6.59. The Morgan fingerprint density at radius 2 is 1.92 bits per heavy atom. The normalized spacial score (nSPS) is 11.9. The van der Waals surface area contributed by atoms with Crippen LogP contribution in [0.4, 0.5) is 10.5 Å². The maximum Gasteiger partial charge on any atom is 0.511 e. The number of hydrogen-bond acceptors (Lipinski definition) is 5. The maximum atomic E-state index is 11.5. The third-order valence-electron chi connectivity index (χ3n) is 3.75. The van der Waals surface area contributed by atoms with E-state index in [1.54, 1.807) is 0 Å². The van der Waals surface area contributed by atoms with Crippen LogP contribution < -0.4 is 9.16 Å². The number of nitro groups is 1. The summed E-state index contributed by atoms with van der Waals surface area (Å²) in [5.41, 5.74) is -0.359. The number of nitro benzene ring substituents is 1. The predicted molar refractivity (Wildman–Crippen MR) is 98.3 cm³/mol. The zero-order valence-corrected chi connectivity index (χ0v) is 16.7. The van der Waals surface area contributed by atoms with E-state index in [1.165, 1.54) is 12.1 Å². The summed E-state index contributed by atoms with van der Waals surface area (Å²) >= 11 is 0. The summed E-state index contributed by atoms with van der Waals surface area (Å²) in [7, 11) is -2.22. The van der Waals surface area contributed by atoms with Crippen molar-refractivity contribution < 1.29 is 24.0 Å². The molecule has 0 bridgehead atoms. The molecule has 0 heterocycles. The monoisotopic (exact) mass is 369 g/mol. The molecule has 0 atom stereocenters. The Labute approximate surface area is 149 Å². The molecule has 0 aliphatic heterocycles. The summed E-state index contributed by atoms with van der Waals surface area (Å²) in [4.78, 5) is 22.0. The van der Waals surface area contributed by atoms with Gasteiger partial charge in [0.1, 0.15) is 5.75 Å². The van der Waals surface area contributed by atoms with Crippen LogP contribution in [0, 0.1) is 10.1 Å². The van der Waals surface area contributed by atoms with Crippen molar-refractivity contribution in [1.82, 2.24) is 0 Å². The summed E-state index contributed by atoms with van der Waals surface area (Å²) in [5, 5.41) is 20.5. The van der Waals surface area contributed by atoms with Crippen molar-refractivity contribution in [1.29, 1.82) is 0 Å². The lowest BCUT2D eigenvalue weighted by Gasteiger charge is -2.30. The highest BCUT2D eigenvalue weighted by Gasteiger charge is 2.35. The van der Waals surface area contributed by atoms with Crippen LogP contribution in [-0.2, 0) is 5.41 Å². The van der Waals surface area contributed by atoms with Crippen LogP contribution in [0.2, 0.25) is 19.1 Å². The standard InChI is InChI=1S/C17H27NO6Si/c1-7-8-11-25(5,6)24-15-12(18(21)22)9-10-13(23-16(19)20)14(15)17(2,3)4/h9-10H,7-8,11H2,1-6H3,(H,19,20). The molecule has 7 nitrogen and oxygen atoms in total. The summed E-state index contributed by atoms with van der Waals surface area (Å²) in [5.74, 6) is 0.199. The molecule has 0 aliphatic carbocycles. The Bertz CT molecular complexity index is 651. The zero-order chi connectivity index (χ0) is 19.4. The molecular formula is C17H27NO6Si. The van der Waals surface area contributed by atoms with Gasteiger partial charge < -0.3 is 14.3 Å². The summed E-state index contributed by atoms with van der Waals surface area (Å²) < 4.78 is 11.1. The first kappa shape index (κ1) is 21.0. The molecule has 0 amide bonds. The molecule has 1 rings (SSSR count). The lowest BCUT2D eigenvalue weighted by atomic mass is 9.85. The highest BCUT2D eigenvalue weighted by atomic mass is 28.4. The van der Waals surface area contributed by atoms with Gasteiger partial charge in [-0.05, 0) is 30.6 Å². The van der Waals surface area contributed by atoms with Gasteiger partial charge in [0.15, 0.2) is 5.75 Å². The van der Waals surface area contributed by atoms with Gasteiger partial charge in [-0.2, -0.15) is 0 Å². The minimum absolute atomic E-state index is 0.0703. The second-order valence-electron chi connectivity index (χ2n) is 7.63. The Morgan fingerprint density at radius 3 is 2.36 bits per heavy atom. The number of carboxylic acid groups (broad SMARTS) is 1. The molecule has 1 aromatic carbocycles. The van der Waals surface area contributed by atoms with Gasteiger partial charge in [0.05, 0.1) is 4.92 Å². The first-order valence-corrected chi connectivity index (χ1v) is 11.4. The second-order valence-corrected chi connectivity index (χ2v) is 11.9. The molecule has 8 heteroatoms. The number of nitrogens with zero attached hydrogens (tertiary/aromatic N) is 1. The molecule has 140 valence electrons. The van der Waals surface area contributed by atoms with E-state index in [0.29, 0.717) is 5.56 Å².